The number of likely N-dealkylation sites (tertiary alicyclic amines) is 1. The average molecular weight is 469 g/mol. The zero-order chi connectivity index (χ0) is 23.9. The van der Waals surface area contributed by atoms with E-state index >= 15 is 0 Å². The molecule has 0 radical (unpaired) electrons. The first-order valence-corrected chi connectivity index (χ1v) is 11.7. The summed E-state index contributed by atoms with van der Waals surface area (Å²) < 4.78 is 18.6. The molecular weight excluding hydrogens is 436 g/mol. The third-order valence-electron chi connectivity index (χ3n) is 6.00. The largest absolute Gasteiger partial charge is 0.468 e. The van der Waals surface area contributed by atoms with Crippen LogP contribution in [0.1, 0.15) is 38.2 Å². The molecule has 1 amide bonds. The van der Waals surface area contributed by atoms with E-state index in [1.807, 2.05) is 34.9 Å². The minimum atomic E-state index is -0.276. The number of imidazole rings is 1. The SMILES string of the molecule is CCCCOc1nc(N)c2nc(OC)n(CC3CCN(C(=O)OCc4ccccc4)CC3)c2n1. The number of unbranched alkanes of at least 4 members (excludes halogenated alkanes) is 1. The number of hydrogen-bond acceptors (Lipinski definition) is 8. The fourth-order valence-electron chi connectivity index (χ4n) is 4.04. The molecule has 0 saturated carbocycles. The molecule has 0 bridgehead atoms. The lowest BCUT2D eigenvalue weighted by Gasteiger charge is -2.31. The van der Waals surface area contributed by atoms with Crippen LogP contribution in [0.5, 0.6) is 12.0 Å². The zero-order valence-electron chi connectivity index (χ0n) is 19.8. The van der Waals surface area contributed by atoms with E-state index in [0.29, 0.717) is 49.3 Å². The number of methoxy groups -OCH3 is 1. The van der Waals surface area contributed by atoms with Crippen molar-refractivity contribution < 1.29 is 19.0 Å². The number of aromatic nitrogens is 4. The summed E-state index contributed by atoms with van der Waals surface area (Å²) in [5, 5.41) is 0. The first kappa shape index (κ1) is 23.6. The maximum atomic E-state index is 12.5. The van der Waals surface area contributed by atoms with Crippen LogP contribution in [0.4, 0.5) is 10.6 Å². The van der Waals surface area contributed by atoms with Crippen LogP contribution in [0, 0.1) is 5.92 Å². The van der Waals surface area contributed by atoms with Crippen LogP contribution < -0.4 is 15.2 Å². The van der Waals surface area contributed by atoms with Gasteiger partial charge in [0.05, 0.1) is 13.7 Å². The van der Waals surface area contributed by atoms with Gasteiger partial charge in [-0.2, -0.15) is 15.0 Å². The highest BCUT2D eigenvalue weighted by Crippen LogP contribution is 2.29. The van der Waals surface area contributed by atoms with E-state index in [0.717, 1.165) is 31.2 Å². The van der Waals surface area contributed by atoms with Gasteiger partial charge < -0.3 is 24.8 Å². The standard InChI is InChI=1S/C24H32N6O4/c1-3-4-14-33-22-27-20(25)19-21(28-22)30(23(26-19)32-2)15-17-10-12-29(13-11-17)24(31)34-16-18-8-6-5-7-9-18/h5-9,17H,3-4,10-16H2,1-2H3,(H2,25,27,28). The Morgan fingerprint density at radius 3 is 2.62 bits per heavy atom. The van der Waals surface area contributed by atoms with Gasteiger partial charge in [0.25, 0.3) is 6.01 Å². The third-order valence-corrected chi connectivity index (χ3v) is 6.00. The van der Waals surface area contributed by atoms with Gasteiger partial charge in [0, 0.05) is 19.6 Å². The lowest BCUT2D eigenvalue weighted by Crippen LogP contribution is -2.39. The molecule has 10 heteroatoms. The first-order chi connectivity index (χ1) is 16.6. The Morgan fingerprint density at radius 1 is 1.15 bits per heavy atom. The van der Waals surface area contributed by atoms with Crippen molar-refractivity contribution in [2.75, 3.05) is 32.5 Å². The Balaban J connectivity index is 1.39. The van der Waals surface area contributed by atoms with Crippen LogP contribution >= 0.6 is 0 Å². The van der Waals surface area contributed by atoms with Gasteiger partial charge in [-0.15, -0.1) is 0 Å². The molecule has 1 saturated heterocycles. The van der Waals surface area contributed by atoms with E-state index in [4.69, 9.17) is 19.9 Å². The quantitative estimate of drug-likeness (QED) is 0.473. The molecule has 0 atom stereocenters. The van der Waals surface area contributed by atoms with Gasteiger partial charge in [0.1, 0.15) is 6.61 Å². The summed E-state index contributed by atoms with van der Waals surface area (Å²) in [5.41, 5.74) is 8.21. The number of amides is 1. The number of ether oxygens (including phenoxy) is 3. The van der Waals surface area contributed by atoms with E-state index in [1.54, 1.807) is 12.0 Å². The number of carbonyl (C=O) groups excluding carboxylic acids is 1. The lowest BCUT2D eigenvalue weighted by molar-refractivity contribution is 0.0805. The number of benzene rings is 1. The Morgan fingerprint density at radius 2 is 1.91 bits per heavy atom. The van der Waals surface area contributed by atoms with Gasteiger partial charge in [-0.25, -0.2) is 4.79 Å². The van der Waals surface area contributed by atoms with E-state index in [9.17, 15) is 4.79 Å². The molecule has 0 spiro atoms. The van der Waals surface area contributed by atoms with Crippen LogP contribution in [-0.4, -0.2) is 57.3 Å². The number of piperidine rings is 1. The minimum absolute atomic E-state index is 0.248. The van der Waals surface area contributed by atoms with Gasteiger partial charge in [-0.05, 0) is 30.7 Å². The van der Waals surface area contributed by atoms with E-state index in [1.165, 1.54) is 0 Å². The van der Waals surface area contributed by atoms with Crippen LogP contribution in [0.15, 0.2) is 30.3 Å². The van der Waals surface area contributed by atoms with Crippen molar-refractivity contribution in [1.82, 2.24) is 24.4 Å². The smallest absolute Gasteiger partial charge is 0.410 e. The second-order valence-corrected chi connectivity index (χ2v) is 8.45. The van der Waals surface area contributed by atoms with Crippen molar-refractivity contribution in [3.05, 3.63) is 35.9 Å². The molecule has 2 N–H and O–H groups in total. The molecule has 10 nitrogen and oxygen atoms in total. The maximum Gasteiger partial charge on any atom is 0.410 e. The number of carbonyl (C=O) groups is 1. The number of fused-ring (bicyclic) bond motifs is 1. The summed E-state index contributed by atoms with van der Waals surface area (Å²) in [7, 11) is 1.57. The zero-order valence-corrected chi connectivity index (χ0v) is 19.8. The van der Waals surface area contributed by atoms with E-state index in [-0.39, 0.29) is 24.5 Å². The lowest BCUT2D eigenvalue weighted by atomic mass is 9.97. The molecule has 34 heavy (non-hydrogen) atoms. The number of nitrogens with two attached hydrogens (primary N) is 1. The average Bonchev–Trinajstić information content (AvgIpc) is 3.21. The highest BCUT2D eigenvalue weighted by atomic mass is 16.6. The van der Waals surface area contributed by atoms with Crippen molar-refractivity contribution in [2.24, 2.45) is 5.92 Å². The Kier molecular flexibility index (Phi) is 7.66. The number of hydrogen-bond donors (Lipinski definition) is 1. The van der Waals surface area contributed by atoms with Crippen LogP contribution in [0.2, 0.25) is 0 Å². The second kappa shape index (κ2) is 11.0. The summed E-state index contributed by atoms with van der Waals surface area (Å²) in [4.78, 5) is 27.5. The molecule has 4 rings (SSSR count). The highest BCUT2D eigenvalue weighted by molar-refractivity contribution is 5.83. The Bertz CT molecular complexity index is 1100. The molecule has 182 valence electrons. The summed E-state index contributed by atoms with van der Waals surface area (Å²) >= 11 is 0. The van der Waals surface area contributed by atoms with Gasteiger partial charge in [-0.1, -0.05) is 43.7 Å². The predicted molar refractivity (Wildman–Crippen MR) is 128 cm³/mol. The molecule has 0 unspecified atom stereocenters. The first-order valence-electron chi connectivity index (χ1n) is 11.7. The molecule has 3 heterocycles. The van der Waals surface area contributed by atoms with Crippen molar-refractivity contribution >= 4 is 23.1 Å². The molecule has 0 aliphatic carbocycles. The van der Waals surface area contributed by atoms with Crippen molar-refractivity contribution in [1.29, 1.82) is 0 Å². The van der Waals surface area contributed by atoms with Crippen LogP contribution in [0.3, 0.4) is 0 Å². The van der Waals surface area contributed by atoms with E-state index < -0.39 is 0 Å². The van der Waals surface area contributed by atoms with Gasteiger partial charge >= 0.3 is 12.1 Å². The monoisotopic (exact) mass is 468 g/mol. The summed E-state index contributed by atoms with van der Waals surface area (Å²) in [6.45, 7) is 4.83. The molecule has 1 fully saturated rings. The fraction of sp³-hybridized carbons (Fsp3) is 0.500. The molecule has 2 aromatic heterocycles. The Labute approximate surface area is 199 Å². The number of nitrogens with zero attached hydrogens (tertiary/aromatic N) is 5. The number of nitrogen functional groups attached to an aromatic ring is 1. The maximum absolute atomic E-state index is 12.5. The predicted octanol–water partition coefficient (Wildman–Crippen LogP) is 3.64. The normalized spacial score (nSPS) is 14.4. The Hall–Kier alpha value is -3.56. The van der Waals surface area contributed by atoms with Gasteiger partial charge in [-0.3, -0.25) is 4.57 Å². The second-order valence-electron chi connectivity index (χ2n) is 8.45. The highest BCUT2D eigenvalue weighted by Gasteiger charge is 2.26. The third kappa shape index (κ3) is 5.49. The minimum Gasteiger partial charge on any atom is -0.468 e. The molecule has 1 aliphatic heterocycles. The summed E-state index contributed by atoms with van der Waals surface area (Å²) in [5.74, 6) is 0.592. The molecule has 3 aromatic rings. The van der Waals surface area contributed by atoms with E-state index in [2.05, 4.69) is 21.9 Å². The molecular formula is C24H32N6O4. The van der Waals surface area contributed by atoms with Crippen LogP contribution in [0.25, 0.3) is 11.2 Å². The fourth-order valence-corrected chi connectivity index (χ4v) is 4.04. The molecule has 1 aromatic carbocycles. The molecule has 1 aliphatic rings. The topological polar surface area (TPSA) is 118 Å². The number of rotatable bonds is 9. The van der Waals surface area contributed by atoms with Crippen LogP contribution in [-0.2, 0) is 17.9 Å². The summed E-state index contributed by atoms with van der Waals surface area (Å²) in [6, 6.07) is 10.4. The van der Waals surface area contributed by atoms with Gasteiger partial charge in [0.2, 0.25) is 0 Å². The number of anilines is 1. The van der Waals surface area contributed by atoms with Gasteiger partial charge in [0.15, 0.2) is 17.0 Å². The van der Waals surface area contributed by atoms with Crippen molar-refractivity contribution in [3.63, 3.8) is 0 Å². The van der Waals surface area contributed by atoms with Crippen molar-refractivity contribution in [3.8, 4) is 12.0 Å². The van der Waals surface area contributed by atoms with Crippen molar-refractivity contribution in [2.45, 2.75) is 45.8 Å². The summed E-state index contributed by atoms with van der Waals surface area (Å²) in [6.07, 6.45) is 3.33.